The minimum atomic E-state index is -1.01. The van der Waals surface area contributed by atoms with E-state index in [1.165, 1.54) is 44.6 Å². The van der Waals surface area contributed by atoms with Crippen molar-refractivity contribution < 1.29 is 42.9 Å². The van der Waals surface area contributed by atoms with E-state index in [2.05, 4.69) is 16.6 Å². The summed E-state index contributed by atoms with van der Waals surface area (Å²) in [5.41, 5.74) is 2.28. The fraction of sp³-hybridized carbons (Fsp3) is 0.172. The van der Waals surface area contributed by atoms with E-state index >= 15 is 0 Å². The normalized spacial score (nSPS) is 13.8. The topological polar surface area (TPSA) is 145 Å². The number of carbonyl (C=O) groups excluding carboxylic acids is 3. The summed E-state index contributed by atoms with van der Waals surface area (Å²) in [4.78, 5) is 49.2. The monoisotopic (exact) mass is 546 g/mol. The highest BCUT2D eigenvalue weighted by atomic mass is 16.5. The highest BCUT2D eigenvalue weighted by molar-refractivity contribution is 6.13. The molecule has 1 saturated heterocycles. The second-order valence-electron chi connectivity index (χ2n) is 8.63. The molecule has 0 radical (unpaired) electrons. The van der Waals surface area contributed by atoms with Crippen LogP contribution in [0.25, 0.3) is 6.08 Å². The number of amides is 3. The maximum atomic E-state index is 13.0. The predicted octanol–water partition coefficient (Wildman–Crippen LogP) is 4.17. The first-order valence-electron chi connectivity index (χ1n) is 12.0. The lowest BCUT2D eigenvalue weighted by Gasteiger charge is -2.16. The van der Waals surface area contributed by atoms with Gasteiger partial charge in [-0.25, -0.2) is 14.4 Å². The molecule has 1 aromatic heterocycles. The lowest BCUT2D eigenvalue weighted by atomic mass is 10.0. The summed E-state index contributed by atoms with van der Waals surface area (Å²) in [6, 6.07) is 12.0. The quantitative estimate of drug-likeness (QED) is 0.157. The van der Waals surface area contributed by atoms with Crippen LogP contribution in [0.15, 0.2) is 71.3 Å². The van der Waals surface area contributed by atoms with Gasteiger partial charge in [-0.1, -0.05) is 18.2 Å². The number of carboxylic acid groups (broad SMARTS) is 1. The summed E-state index contributed by atoms with van der Waals surface area (Å²) < 4.78 is 21.6. The maximum Gasteiger partial charge on any atom is 0.373 e. The van der Waals surface area contributed by atoms with Crippen molar-refractivity contribution in [2.75, 3.05) is 14.2 Å². The summed E-state index contributed by atoms with van der Waals surface area (Å²) in [5, 5.41) is 11.6. The van der Waals surface area contributed by atoms with Gasteiger partial charge in [0.2, 0.25) is 5.76 Å². The number of urea groups is 1. The number of furan rings is 1. The summed E-state index contributed by atoms with van der Waals surface area (Å²) in [7, 11) is 2.70. The van der Waals surface area contributed by atoms with Gasteiger partial charge in [0.1, 0.15) is 18.1 Å². The van der Waals surface area contributed by atoms with E-state index in [1.807, 2.05) is 0 Å². The SMILES string of the molecule is C=CCc1cc(/C=C2\NC(=O)N(Cc3ccc(C(=O)OC)o3)C2=O)cc(OC)c1OCc1ccc(C(=O)O)cc1. The van der Waals surface area contributed by atoms with Crippen molar-refractivity contribution in [3.05, 3.63) is 101 Å². The standard InChI is InChI=1S/C29H26N2O9/c1-4-5-20-12-18(14-24(37-2)25(20)39-16-17-6-8-19(9-7-17)27(33)34)13-22-26(32)31(29(36)30-22)15-21-10-11-23(40-21)28(35)38-3/h4,6-14H,1,5,15-16H2,2-3H3,(H,30,36)(H,33,34)/b22-13-. The Balaban J connectivity index is 1.55. The van der Waals surface area contributed by atoms with Crippen molar-refractivity contribution in [3.63, 3.8) is 0 Å². The highest BCUT2D eigenvalue weighted by Crippen LogP contribution is 2.35. The first kappa shape index (κ1) is 27.7. The van der Waals surface area contributed by atoms with Crippen molar-refractivity contribution in [2.24, 2.45) is 0 Å². The smallest absolute Gasteiger partial charge is 0.373 e. The molecule has 4 rings (SSSR count). The molecule has 0 saturated carbocycles. The molecule has 206 valence electrons. The number of allylic oxidation sites excluding steroid dienone is 1. The van der Waals surface area contributed by atoms with Crippen LogP contribution < -0.4 is 14.8 Å². The van der Waals surface area contributed by atoms with Gasteiger partial charge in [-0.15, -0.1) is 6.58 Å². The van der Waals surface area contributed by atoms with Crippen LogP contribution >= 0.6 is 0 Å². The van der Waals surface area contributed by atoms with E-state index in [-0.39, 0.29) is 35.9 Å². The number of nitrogens with one attached hydrogen (secondary N) is 1. The zero-order valence-electron chi connectivity index (χ0n) is 21.8. The number of imide groups is 1. The number of esters is 1. The van der Waals surface area contributed by atoms with Gasteiger partial charge in [0.25, 0.3) is 5.91 Å². The van der Waals surface area contributed by atoms with E-state index < -0.39 is 23.9 Å². The Hall–Kier alpha value is -5.32. The van der Waals surface area contributed by atoms with Gasteiger partial charge in [-0.2, -0.15) is 0 Å². The minimum Gasteiger partial charge on any atom is -0.493 e. The molecule has 0 aliphatic carbocycles. The molecular weight excluding hydrogens is 520 g/mol. The Morgan fingerprint density at radius 2 is 1.85 bits per heavy atom. The average Bonchev–Trinajstić information content (AvgIpc) is 3.52. The minimum absolute atomic E-state index is 0.0400. The first-order valence-corrected chi connectivity index (χ1v) is 12.0. The maximum absolute atomic E-state index is 13.0. The molecule has 2 heterocycles. The Kier molecular flexibility index (Phi) is 8.33. The number of carboxylic acids is 1. The van der Waals surface area contributed by atoms with Gasteiger partial charge in [-0.05, 0) is 60.0 Å². The van der Waals surface area contributed by atoms with Crippen LogP contribution in [-0.2, 0) is 29.1 Å². The molecule has 1 aliphatic heterocycles. The van der Waals surface area contributed by atoms with Crippen LogP contribution in [0, 0.1) is 0 Å². The molecule has 1 aliphatic rings. The third kappa shape index (κ3) is 6.04. The number of methoxy groups -OCH3 is 2. The van der Waals surface area contributed by atoms with Crippen LogP contribution in [-0.4, -0.2) is 48.1 Å². The summed E-state index contributed by atoms with van der Waals surface area (Å²) >= 11 is 0. The van der Waals surface area contributed by atoms with Gasteiger partial charge < -0.3 is 29.1 Å². The molecule has 1 fully saturated rings. The average molecular weight is 547 g/mol. The van der Waals surface area contributed by atoms with Gasteiger partial charge in [0, 0.05) is 5.56 Å². The van der Waals surface area contributed by atoms with E-state index in [0.29, 0.717) is 23.5 Å². The third-order valence-electron chi connectivity index (χ3n) is 5.96. The van der Waals surface area contributed by atoms with Crippen molar-refractivity contribution in [3.8, 4) is 11.5 Å². The van der Waals surface area contributed by atoms with Crippen molar-refractivity contribution in [2.45, 2.75) is 19.6 Å². The number of benzene rings is 2. The molecule has 40 heavy (non-hydrogen) atoms. The Morgan fingerprint density at radius 3 is 2.50 bits per heavy atom. The summed E-state index contributed by atoms with van der Waals surface area (Å²) in [5.74, 6) is -1.20. The van der Waals surface area contributed by atoms with Gasteiger partial charge in [0.15, 0.2) is 11.5 Å². The van der Waals surface area contributed by atoms with E-state index in [9.17, 15) is 19.2 Å². The number of hydrogen-bond donors (Lipinski definition) is 2. The van der Waals surface area contributed by atoms with Crippen LogP contribution in [0.4, 0.5) is 4.79 Å². The number of hydrogen-bond acceptors (Lipinski definition) is 8. The van der Waals surface area contributed by atoms with Gasteiger partial charge in [-0.3, -0.25) is 9.69 Å². The van der Waals surface area contributed by atoms with Crippen LogP contribution in [0.5, 0.6) is 11.5 Å². The fourth-order valence-electron chi connectivity index (χ4n) is 4.00. The second kappa shape index (κ2) is 12.0. The number of nitrogens with zero attached hydrogens (tertiary/aromatic N) is 1. The zero-order valence-corrected chi connectivity index (χ0v) is 21.8. The molecular formula is C29H26N2O9. The number of ether oxygens (including phenoxy) is 3. The molecule has 11 heteroatoms. The van der Waals surface area contributed by atoms with Crippen LogP contribution in [0.2, 0.25) is 0 Å². The Morgan fingerprint density at radius 1 is 1.10 bits per heavy atom. The van der Waals surface area contributed by atoms with Crippen molar-refractivity contribution in [1.82, 2.24) is 10.2 Å². The van der Waals surface area contributed by atoms with E-state index in [4.69, 9.17) is 19.0 Å². The molecule has 3 aromatic rings. The lowest BCUT2D eigenvalue weighted by Crippen LogP contribution is -2.30. The Bertz CT molecular complexity index is 1500. The molecule has 11 nitrogen and oxygen atoms in total. The predicted molar refractivity (Wildman–Crippen MR) is 142 cm³/mol. The fourth-order valence-corrected chi connectivity index (χ4v) is 4.00. The lowest BCUT2D eigenvalue weighted by molar-refractivity contribution is -0.123. The van der Waals surface area contributed by atoms with Crippen molar-refractivity contribution >= 4 is 30.0 Å². The van der Waals surface area contributed by atoms with Gasteiger partial charge >= 0.3 is 18.0 Å². The van der Waals surface area contributed by atoms with E-state index in [0.717, 1.165) is 16.0 Å². The summed E-state index contributed by atoms with van der Waals surface area (Å²) in [6.45, 7) is 3.78. The van der Waals surface area contributed by atoms with Crippen molar-refractivity contribution in [1.29, 1.82) is 0 Å². The van der Waals surface area contributed by atoms with Gasteiger partial charge in [0.05, 0.1) is 26.3 Å². The second-order valence-corrected chi connectivity index (χ2v) is 8.63. The van der Waals surface area contributed by atoms with Crippen LogP contribution in [0.1, 0.15) is 43.4 Å². The highest BCUT2D eigenvalue weighted by Gasteiger charge is 2.34. The van der Waals surface area contributed by atoms with E-state index in [1.54, 1.807) is 30.3 Å². The number of carbonyl (C=O) groups is 4. The third-order valence-corrected chi connectivity index (χ3v) is 5.96. The molecule has 3 amide bonds. The molecule has 0 atom stereocenters. The molecule has 0 bridgehead atoms. The summed E-state index contributed by atoms with van der Waals surface area (Å²) in [6.07, 6.45) is 3.64. The number of rotatable bonds is 11. The number of aromatic carboxylic acids is 1. The first-order chi connectivity index (χ1) is 19.2. The molecule has 2 N–H and O–H groups in total. The largest absolute Gasteiger partial charge is 0.493 e. The molecule has 0 spiro atoms. The Labute approximate surface area is 229 Å². The molecule has 0 unspecified atom stereocenters. The van der Waals surface area contributed by atoms with Crippen LogP contribution in [0.3, 0.4) is 0 Å². The zero-order chi connectivity index (χ0) is 28.8. The molecule has 2 aromatic carbocycles.